The van der Waals surface area contributed by atoms with Crippen LogP contribution < -0.4 is 10.1 Å². The minimum absolute atomic E-state index is 0.106. The first-order chi connectivity index (χ1) is 16.7. The average molecular weight is 468 g/mol. The van der Waals surface area contributed by atoms with Crippen LogP contribution in [0.2, 0.25) is 0 Å². The van der Waals surface area contributed by atoms with Gasteiger partial charge in [-0.2, -0.15) is 5.10 Å². The predicted octanol–water partition coefficient (Wildman–Crippen LogP) is 6.68. The Morgan fingerprint density at radius 3 is 2.29 bits per heavy atom. The largest absolute Gasteiger partial charge is 0.489 e. The number of aromatic nitrogens is 2. The molecule has 4 rings (SSSR count). The molecule has 5 heteroatoms. The molecule has 180 valence electrons. The van der Waals surface area contributed by atoms with Crippen molar-refractivity contribution in [1.29, 1.82) is 0 Å². The Morgan fingerprint density at radius 2 is 1.60 bits per heavy atom. The van der Waals surface area contributed by atoms with E-state index in [-0.39, 0.29) is 11.3 Å². The molecule has 4 aromatic rings. The highest BCUT2D eigenvalue weighted by Crippen LogP contribution is 2.25. The van der Waals surface area contributed by atoms with Crippen LogP contribution in [-0.4, -0.2) is 15.7 Å². The lowest BCUT2D eigenvalue weighted by Crippen LogP contribution is -2.14. The second-order valence-corrected chi connectivity index (χ2v) is 9.91. The zero-order valence-corrected chi connectivity index (χ0v) is 21.1. The molecular formula is C30H33N3O2. The Morgan fingerprint density at radius 1 is 0.914 bits per heavy atom. The van der Waals surface area contributed by atoms with Gasteiger partial charge in [0, 0.05) is 5.56 Å². The second kappa shape index (κ2) is 10.2. The summed E-state index contributed by atoms with van der Waals surface area (Å²) in [4.78, 5) is 13.1. The van der Waals surface area contributed by atoms with Crippen molar-refractivity contribution in [3.05, 3.63) is 113 Å². The first kappa shape index (κ1) is 24.3. The number of hydrogen-bond acceptors (Lipinski definition) is 3. The van der Waals surface area contributed by atoms with Crippen molar-refractivity contribution in [3.63, 3.8) is 0 Å². The number of hydrogen-bond donors (Lipinski definition) is 1. The van der Waals surface area contributed by atoms with Gasteiger partial charge in [0.15, 0.2) is 0 Å². The van der Waals surface area contributed by atoms with Crippen LogP contribution in [0.3, 0.4) is 0 Å². The van der Waals surface area contributed by atoms with Crippen LogP contribution in [0.4, 0.5) is 5.69 Å². The number of carbonyl (C=O) groups excluding carboxylic acids is 1. The zero-order valence-electron chi connectivity index (χ0n) is 21.1. The third kappa shape index (κ3) is 5.99. The van der Waals surface area contributed by atoms with E-state index in [1.54, 1.807) is 0 Å². The smallest absolute Gasteiger partial charge is 0.255 e. The van der Waals surface area contributed by atoms with E-state index in [1.807, 2.05) is 73.1 Å². The van der Waals surface area contributed by atoms with Crippen molar-refractivity contribution in [2.45, 2.75) is 53.2 Å². The van der Waals surface area contributed by atoms with Crippen molar-refractivity contribution in [1.82, 2.24) is 9.78 Å². The normalized spacial score (nSPS) is 11.3. The number of nitrogens with zero attached hydrogens (tertiary/aromatic N) is 2. The van der Waals surface area contributed by atoms with Crippen LogP contribution in [0.1, 0.15) is 59.2 Å². The Bertz CT molecular complexity index is 1300. The second-order valence-electron chi connectivity index (χ2n) is 9.91. The summed E-state index contributed by atoms with van der Waals surface area (Å²) in [6.45, 7) is 11.5. The summed E-state index contributed by atoms with van der Waals surface area (Å²) in [5.74, 6) is 0.650. The standard InChI is InChI=1S/C30H33N3O2/c1-21-28(22(2)33(32-21)19-23-10-7-6-8-11-23)31-29(34)25-13-9-12-24(18-25)20-35-27-16-14-26(15-17-27)30(3,4)5/h6-18H,19-20H2,1-5H3,(H,31,34). The van der Waals surface area contributed by atoms with Crippen molar-refractivity contribution in [2.24, 2.45) is 0 Å². The Hall–Kier alpha value is -3.86. The number of benzene rings is 3. The first-order valence-corrected chi connectivity index (χ1v) is 11.9. The molecule has 0 bridgehead atoms. The van der Waals surface area contributed by atoms with Crippen molar-refractivity contribution in [2.75, 3.05) is 5.32 Å². The maximum absolute atomic E-state index is 13.1. The van der Waals surface area contributed by atoms with Gasteiger partial charge < -0.3 is 10.1 Å². The molecule has 0 aliphatic carbocycles. The number of amides is 1. The number of anilines is 1. The Labute approximate surface area is 207 Å². The topological polar surface area (TPSA) is 56.2 Å². The van der Waals surface area contributed by atoms with Gasteiger partial charge in [0.25, 0.3) is 5.91 Å². The minimum atomic E-state index is -0.160. The van der Waals surface area contributed by atoms with Crippen molar-refractivity contribution < 1.29 is 9.53 Å². The van der Waals surface area contributed by atoms with E-state index in [9.17, 15) is 4.79 Å². The molecule has 0 radical (unpaired) electrons. The van der Waals surface area contributed by atoms with Crippen LogP contribution in [0.5, 0.6) is 5.75 Å². The SMILES string of the molecule is Cc1nn(Cc2ccccc2)c(C)c1NC(=O)c1cccc(COc2ccc(C(C)(C)C)cc2)c1. The van der Waals surface area contributed by atoms with Crippen LogP contribution in [0, 0.1) is 13.8 Å². The number of ether oxygens (including phenoxy) is 1. The molecule has 1 amide bonds. The van der Waals surface area contributed by atoms with Crippen LogP contribution in [0.15, 0.2) is 78.9 Å². The van der Waals surface area contributed by atoms with Gasteiger partial charge in [0.05, 0.1) is 23.6 Å². The van der Waals surface area contributed by atoms with Gasteiger partial charge in [-0.3, -0.25) is 9.48 Å². The van der Waals surface area contributed by atoms with Gasteiger partial charge in [-0.15, -0.1) is 0 Å². The summed E-state index contributed by atoms with van der Waals surface area (Å²) < 4.78 is 7.89. The molecular weight excluding hydrogens is 434 g/mol. The van der Waals surface area contributed by atoms with E-state index in [1.165, 1.54) is 5.56 Å². The monoisotopic (exact) mass is 467 g/mol. The average Bonchev–Trinajstić information content (AvgIpc) is 3.10. The number of carbonyl (C=O) groups is 1. The fourth-order valence-electron chi connectivity index (χ4n) is 3.99. The summed E-state index contributed by atoms with van der Waals surface area (Å²) in [5, 5.41) is 7.70. The summed E-state index contributed by atoms with van der Waals surface area (Å²) in [6.07, 6.45) is 0. The highest BCUT2D eigenvalue weighted by atomic mass is 16.5. The van der Waals surface area contributed by atoms with Gasteiger partial charge in [-0.1, -0.05) is 75.4 Å². The third-order valence-electron chi connectivity index (χ3n) is 6.11. The van der Waals surface area contributed by atoms with Gasteiger partial charge in [0.1, 0.15) is 12.4 Å². The molecule has 35 heavy (non-hydrogen) atoms. The molecule has 0 aliphatic heterocycles. The predicted molar refractivity (Wildman–Crippen MR) is 141 cm³/mol. The number of aryl methyl sites for hydroxylation is 1. The highest BCUT2D eigenvalue weighted by molar-refractivity contribution is 6.05. The lowest BCUT2D eigenvalue weighted by Gasteiger charge is -2.19. The van der Waals surface area contributed by atoms with E-state index >= 15 is 0 Å². The van der Waals surface area contributed by atoms with E-state index in [2.05, 4.69) is 55.5 Å². The molecule has 1 N–H and O–H groups in total. The molecule has 0 atom stereocenters. The summed E-state index contributed by atoms with van der Waals surface area (Å²) in [5.41, 5.74) is 6.54. The highest BCUT2D eigenvalue weighted by Gasteiger charge is 2.16. The quantitative estimate of drug-likeness (QED) is 0.330. The van der Waals surface area contributed by atoms with E-state index < -0.39 is 0 Å². The van der Waals surface area contributed by atoms with E-state index in [0.29, 0.717) is 18.7 Å². The van der Waals surface area contributed by atoms with Crippen LogP contribution in [0.25, 0.3) is 0 Å². The van der Waals surface area contributed by atoms with E-state index in [4.69, 9.17) is 4.74 Å². The molecule has 0 spiro atoms. The number of rotatable bonds is 7. The molecule has 0 saturated carbocycles. The van der Waals surface area contributed by atoms with Crippen molar-refractivity contribution >= 4 is 11.6 Å². The Balaban J connectivity index is 1.42. The first-order valence-electron chi connectivity index (χ1n) is 11.9. The summed E-state index contributed by atoms with van der Waals surface area (Å²) in [7, 11) is 0. The molecule has 3 aromatic carbocycles. The van der Waals surface area contributed by atoms with Gasteiger partial charge in [-0.25, -0.2) is 0 Å². The number of nitrogens with one attached hydrogen (secondary N) is 1. The molecule has 0 aliphatic rings. The lowest BCUT2D eigenvalue weighted by atomic mass is 9.87. The molecule has 5 nitrogen and oxygen atoms in total. The third-order valence-corrected chi connectivity index (χ3v) is 6.11. The summed E-state index contributed by atoms with van der Waals surface area (Å²) >= 11 is 0. The molecule has 1 aromatic heterocycles. The van der Waals surface area contributed by atoms with Gasteiger partial charge in [0.2, 0.25) is 0 Å². The molecule has 0 fully saturated rings. The lowest BCUT2D eigenvalue weighted by molar-refractivity contribution is 0.102. The zero-order chi connectivity index (χ0) is 25.0. The maximum atomic E-state index is 13.1. The van der Waals surface area contributed by atoms with Crippen LogP contribution in [-0.2, 0) is 18.6 Å². The Kier molecular flexibility index (Phi) is 7.06. The minimum Gasteiger partial charge on any atom is -0.489 e. The van der Waals surface area contributed by atoms with Gasteiger partial charge in [-0.05, 0) is 60.2 Å². The van der Waals surface area contributed by atoms with Crippen molar-refractivity contribution in [3.8, 4) is 5.75 Å². The fraction of sp³-hybridized carbons (Fsp3) is 0.267. The molecule has 0 unspecified atom stereocenters. The molecule has 1 heterocycles. The van der Waals surface area contributed by atoms with E-state index in [0.717, 1.165) is 34.0 Å². The maximum Gasteiger partial charge on any atom is 0.255 e. The van der Waals surface area contributed by atoms with Crippen LogP contribution >= 0.6 is 0 Å². The summed E-state index contributed by atoms with van der Waals surface area (Å²) in [6, 6.07) is 25.9. The van der Waals surface area contributed by atoms with Gasteiger partial charge >= 0.3 is 0 Å². The fourth-order valence-corrected chi connectivity index (χ4v) is 3.99. The molecule has 0 saturated heterocycles.